The van der Waals surface area contributed by atoms with Gasteiger partial charge in [-0.15, -0.1) is 6.42 Å². The molecule has 0 aliphatic heterocycles. The van der Waals surface area contributed by atoms with Gasteiger partial charge in [0.15, 0.2) is 5.71 Å². The predicted octanol–water partition coefficient (Wildman–Crippen LogP) is 1.74. The third-order valence-electron chi connectivity index (χ3n) is 6.11. The molecule has 1 aromatic carbocycles. The summed E-state index contributed by atoms with van der Waals surface area (Å²) in [6.45, 7) is 3.78. The van der Waals surface area contributed by atoms with Crippen LogP contribution in [-0.2, 0) is 11.3 Å². The van der Waals surface area contributed by atoms with E-state index in [1.54, 1.807) is 32.0 Å². The van der Waals surface area contributed by atoms with E-state index in [1.807, 2.05) is 12.1 Å². The highest BCUT2D eigenvalue weighted by molar-refractivity contribution is 6.20. The van der Waals surface area contributed by atoms with Crippen LogP contribution in [0.1, 0.15) is 62.0 Å². The van der Waals surface area contributed by atoms with Crippen molar-refractivity contribution in [1.82, 2.24) is 15.1 Å². The number of benzene rings is 1. The molecule has 1 fully saturated rings. The van der Waals surface area contributed by atoms with E-state index in [-0.39, 0.29) is 24.3 Å². The highest BCUT2D eigenvalue weighted by atomic mass is 16.2. The zero-order valence-corrected chi connectivity index (χ0v) is 19.8. The Kier molecular flexibility index (Phi) is 8.25. The lowest BCUT2D eigenvalue weighted by atomic mass is 9.83. The third-order valence-corrected chi connectivity index (χ3v) is 6.11. The Bertz CT molecular complexity index is 1110. The minimum Gasteiger partial charge on any atom is -0.402 e. The molecule has 0 unspecified atom stereocenters. The molecule has 1 heterocycles. The maximum absolute atomic E-state index is 13.3. The lowest BCUT2D eigenvalue weighted by Gasteiger charge is -2.30. The van der Waals surface area contributed by atoms with Crippen LogP contribution in [0.3, 0.4) is 0 Å². The Labute approximate surface area is 200 Å². The molecule has 2 amide bonds. The van der Waals surface area contributed by atoms with Gasteiger partial charge in [-0.1, -0.05) is 37.3 Å². The number of terminal acetylenes is 1. The minimum atomic E-state index is -0.664. The van der Waals surface area contributed by atoms with Gasteiger partial charge in [-0.2, -0.15) is 5.10 Å². The molecule has 2 aromatic rings. The molecule has 1 aromatic heterocycles. The first-order valence-corrected chi connectivity index (χ1v) is 11.5. The van der Waals surface area contributed by atoms with Crippen LogP contribution in [0.25, 0.3) is 5.57 Å². The molecular weight excluding hydrogens is 428 g/mol. The Morgan fingerprint density at radius 1 is 1.21 bits per heavy atom. The molecular formula is C26H33N6O2+. The lowest BCUT2D eigenvalue weighted by Crippen LogP contribution is -2.49. The number of nitrogens with zero attached hydrogens (tertiary/aromatic N) is 2. The standard InChI is InChI=1S/C26H32N6O2/c1-4-16-32-22(14-15-29-32)25(33)31-24(20-8-6-5-7-9-20)26(34)30-21-12-10-19(11-13-21)23(17(2)27)18(3)28/h1,10-15,20,24,27H,5-9,16,28H2,2-3H3,(H,30,34)(H,31,33)/p+1/b23-18+,27-17?/t24-/m0/s1. The average molecular weight is 462 g/mol. The molecule has 178 valence electrons. The fraction of sp³-hybridized carbons (Fsp3) is 0.385. The zero-order chi connectivity index (χ0) is 24.7. The van der Waals surface area contributed by atoms with Gasteiger partial charge in [-0.3, -0.25) is 15.0 Å². The molecule has 1 aliphatic carbocycles. The quantitative estimate of drug-likeness (QED) is 0.353. The molecule has 1 aliphatic rings. The van der Waals surface area contributed by atoms with Gasteiger partial charge >= 0.3 is 0 Å². The van der Waals surface area contributed by atoms with E-state index in [9.17, 15) is 9.59 Å². The maximum atomic E-state index is 13.3. The molecule has 0 saturated heterocycles. The molecule has 6 N–H and O–H groups in total. The molecule has 34 heavy (non-hydrogen) atoms. The monoisotopic (exact) mass is 461 g/mol. The highest BCUT2D eigenvalue weighted by Crippen LogP contribution is 2.28. The van der Waals surface area contributed by atoms with Crippen LogP contribution in [0, 0.1) is 18.3 Å². The van der Waals surface area contributed by atoms with Gasteiger partial charge in [0, 0.05) is 24.5 Å². The van der Waals surface area contributed by atoms with Crippen LogP contribution in [0.15, 0.2) is 42.2 Å². The summed E-state index contributed by atoms with van der Waals surface area (Å²) < 4.78 is 1.45. The molecule has 1 atom stereocenters. The van der Waals surface area contributed by atoms with E-state index < -0.39 is 6.04 Å². The Morgan fingerprint density at radius 3 is 2.47 bits per heavy atom. The maximum Gasteiger partial charge on any atom is 0.270 e. The topological polar surface area (TPSA) is 128 Å². The van der Waals surface area contributed by atoms with Crippen LogP contribution < -0.4 is 21.8 Å². The second kappa shape index (κ2) is 11.3. The number of nitrogens with two attached hydrogens (primary N) is 2. The summed E-state index contributed by atoms with van der Waals surface area (Å²) in [6.07, 6.45) is 11.9. The van der Waals surface area contributed by atoms with Gasteiger partial charge in [0.25, 0.3) is 5.91 Å². The number of carbonyl (C=O) groups is 2. The van der Waals surface area contributed by atoms with Crippen molar-refractivity contribution in [3.63, 3.8) is 0 Å². The van der Waals surface area contributed by atoms with Crippen molar-refractivity contribution in [3.8, 4) is 12.3 Å². The molecule has 8 nitrogen and oxygen atoms in total. The summed E-state index contributed by atoms with van der Waals surface area (Å²) in [6, 6.07) is 8.28. The largest absolute Gasteiger partial charge is 0.402 e. The second-order valence-corrected chi connectivity index (χ2v) is 8.74. The minimum absolute atomic E-state index is 0.0601. The van der Waals surface area contributed by atoms with Gasteiger partial charge in [-0.05, 0) is 49.4 Å². The second-order valence-electron chi connectivity index (χ2n) is 8.74. The number of nitrogens with one attached hydrogen (secondary N) is 2. The summed E-state index contributed by atoms with van der Waals surface area (Å²) >= 11 is 0. The fourth-order valence-electron chi connectivity index (χ4n) is 4.52. The van der Waals surface area contributed by atoms with E-state index in [0.29, 0.717) is 22.8 Å². The summed E-state index contributed by atoms with van der Waals surface area (Å²) in [5, 5.41) is 16.0. The lowest BCUT2D eigenvalue weighted by molar-refractivity contribution is -0.119. The fourth-order valence-corrected chi connectivity index (χ4v) is 4.52. The summed E-state index contributed by atoms with van der Waals surface area (Å²) in [4.78, 5) is 26.3. The molecule has 1 saturated carbocycles. The van der Waals surface area contributed by atoms with E-state index in [0.717, 1.165) is 43.2 Å². The number of hydrogen-bond acceptors (Lipinski definition) is 4. The number of carbonyl (C=O) groups excluding carboxylic acids is 2. The summed E-state index contributed by atoms with van der Waals surface area (Å²) in [5.41, 5.74) is 9.85. The molecule has 0 bridgehead atoms. The number of hydrogen-bond donors (Lipinski definition) is 4. The van der Waals surface area contributed by atoms with Crippen molar-refractivity contribution in [2.24, 2.45) is 11.7 Å². The van der Waals surface area contributed by atoms with Crippen molar-refractivity contribution in [3.05, 3.63) is 53.5 Å². The Hall–Kier alpha value is -3.86. The SMILES string of the molecule is C#CCn1nccc1C(=O)N[C@H](C(=O)Nc1ccc(/C(C(C)=[NH2+])=C(\C)N)cc1)C1CCCCC1. The first kappa shape index (κ1) is 24.8. The van der Waals surface area contributed by atoms with E-state index in [4.69, 9.17) is 17.6 Å². The van der Waals surface area contributed by atoms with Crippen molar-refractivity contribution >= 4 is 28.8 Å². The molecule has 0 radical (unpaired) electrons. The molecule has 3 rings (SSSR count). The first-order chi connectivity index (χ1) is 16.3. The van der Waals surface area contributed by atoms with Crippen LogP contribution >= 0.6 is 0 Å². The smallest absolute Gasteiger partial charge is 0.270 e. The van der Waals surface area contributed by atoms with Crippen LogP contribution in [-0.4, -0.2) is 33.3 Å². The van der Waals surface area contributed by atoms with Gasteiger partial charge in [0.05, 0.1) is 5.57 Å². The highest BCUT2D eigenvalue weighted by Gasteiger charge is 2.32. The number of anilines is 1. The number of allylic oxidation sites excluding steroid dienone is 2. The third kappa shape index (κ3) is 5.93. The van der Waals surface area contributed by atoms with Gasteiger partial charge < -0.3 is 16.4 Å². The first-order valence-electron chi connectivity index (χ1n) is 11.5. The summed E-state index contributed by atoms with van der Waals surface area (Å²) in [5.74, 6) is 1.93. The van der Waals surface area contributed by atoms with E-state index in [1.165, 1.54) is 10.9 Å². The summed E-state index contributed by atoms with van der Waals surface area (Å²) in [7, 11) is 0. The van der Waals surface area contributed by atoms with E-state index in [2.05, 4.69) is 21.7 Å². The number of amides is 2. The van der Waals surface area contributed by atoms with Crippen LogP contribution in [0.5, 0.6) is 0 Å². The predicted molar refractivity (Wildman–Crippen MR) is 133 cm³/mol. The van der Waals surface area contributed by atoms with Crippen molar-refractivity contribution in [1.29, 1.82) is 0 Å². The average Bonchev–Trinajstić information content (AvgIpc) is 3.27. The zero-order valence-electron chi connectivity index (χ0n) is 19.8. The van der Waals surface area contributed by atoms with Crippen LogP contribution in [0.2, 0.25) is 0 Å². The van der Waals surface area contributed by atoms with Crippen molar-refractivity contribution in [2.45, 2.75) is 58.5 Å². The Balaban J connectivity index is 1.78. The van der Waals surface area contributed by atoms with Crippen molar-refractivity contribution < 1.29 is 15.0 Å². The van der Waals surface area contributed by atoms with Gasteiger partial charge in [0.2, 0.25) is 5.91 Å². The molecule has 8 heteroatoms. The number of rotatable bonds is 8. The Morgan fingerprint density at radius 2 is 1.88 bits per heavy atom. The number of aromatic nitrogens is 2. The normalized spacial score (nSPS) is 15.6. The van der Waals surface area contributed by atoms with Gasteiger partial charge in [0.1, 0.15) is 18.3 Å². The van der Waals surface area contributed by atoms with Crippen LogP contribution in [0.4, 0.5) is 5.69 Å². The van der Waals surface area contributed by atoms with Crippen molar-refractivity contribution in [2.75, 3.05) is 5.32 Å². The van der Waals surface area contributed by atoms with E-state index >= 15 is 0 Å². The molecule has 0 spiro atoms. The van der Waals surface area contributed by atoms with Gasteiger partial charge in [-0.25, -0.2) is 4.68 Å².